The first-order valence-electron chi connectivity index (χ1n) is 9.67. The Morgan fingerprint density at radius 3 is 2.27 bits per heavy atom. The molecule has 0 aliphatic rings. The van der Waals surface area contributed by atoms with Crippen LogP contribution in [0.3, 0.4) is 0 Å². The van der Waals surface area contributed by atoms with E-state index in [1.54, 1.807) is 19.1 Å². The summed E-state index contributed by atoms with van der Waals surface area (Å²) in [7, 11) is 2.65. The van der Waals surface area contributed by atoms with Crippen molar-refractivity contribution in [3.63, 3.8) is 0 Å². The van der Waals surface area contributed by atoms with Gasteiger partial charge in [-0.15, -0.1) is 0 Å². The maximum atomic E-state index is 12.7. The Balaban J connectivity index is 0.000000245. The zero-order valence-electron chi connectivity index (χ0n) is 18.2. The minimum Gasteiger partial charge on any atom is -0.480 e. The minimum atomic E-state index is -0.539. The molecule has 3 rings (SSSR count). The van der Waals surface area contributed by atoms with E-state index in [0.717, 1.165) is 0 Å². The summed E-state index contributed by atoms with van der Waals surface area (Å²) in [5, 5.41) is 2.63. The third kappa shape index (κ3) is 7.69. The van der Waals surface area contributed by atoms with Crippen LogP contribution in [0.25, 0.3) is 0 Å². The Morgan fingerprint density at radius 2 is 1.73 bits per heavy atom. The van der Waals surface area contributed by atoms with Crippen molar-refractivity contribution in [1.82, 2.24) is 9.97 Å². The molecule has 0 radical (unpaired) electrons. The van der Waals surface area contributed by atoms with Gasteiger partial charge in [-0.2, -0.15) is 0 Å². The fourth-order valence-electron chi connectivity index (χ4n) is 2.34. The first kappa shape index (κ1) is 24.9. The normalized spacial score (nSPS) is 9.70. The largest absolute Gasteiger partial charge is 0.480 e. The smallest absolute Gasteiger partial charge is 0.339 e. The van der Waals surface area contributed by atoms with Gasteiger partial charge in [0.1, 0.15) is 23.1 Å². The summed E-state index contributed by atoms with van der Waals surface area (Å²) in [4.78, 5) is 40.6. The fourth-order valence-corrected chi connectivity index (χ4v) is 2.34. The van der Waals surface area contributed by atoms with Crippen LogP contribution in [0, 0.1) is 5.82 Å². The molecule has 1 amide bonds. The summed E-state index contributed by atoms with van der Waals surface area (Å²) >= 11 is 0. The van der Waals surface area contributed by atoms with E-state index in [4.69, 9.17) is 9.47 Å². The molecule has 3 aromatic rings. The average molecular weight is 455 g/mol. The summed E-state index contributed by atoms with van der Waals surface area (Å²) in [6.07, 6.45) is 3.75. The van der Waals surface area contributed by atoms with Gasteiger partial charge < -0.3 is 19.5 Å². The summed E-state index contributed by atoms with van der Waals surface area (Å²) in [5.41, 5.74) is 0.436. The lowest BCUT2D eigenvalue weighted by molar-refractivity contribution is -0.115. The number of benzene rings is 1. The van der Waals surface area contributed by atoms with Crippen molar-refractivity contribution in [2.45, 2.75) is 13.3 Å². The zero-order chi connectivity index (χ0) is 24.2. The molecule has 0 bridgehead atoms. The first-order chi connectivity index (χ1) is 15.9. The van der Waals surface area contributed by atoms with Gasteiger partial charge in [-0.1, -0.05) is 6.92 Å². The molecule has 0 aliphatic carbocycles. The number of nitrogens with one attached hydrogen (secondary N) is 1. The van der Waals surface area contributed by atoms with Gasteiger partial charge in [0.15, 0.2) is 6.29 Å². The van der Waals surface area contributed by atoms with E-state index >= 15 is 0 Å². The molecule has 2 heterocycles. The summed E-state index contributed by atoms with van der Waals surface area (Å²) in [5.74, 6) is 0.742. The number of ether oxygens (including phenoxy) is 3. The number of halogens is 1. The molecule has 33 heavy (non-hydrogen) atoms. The van der Waals surface area contributed by atoms with Gasteiger partial charge in [0.05, 0.1) is 31.5 Å². The predicted molar refractivity (Wildman–Crippen MR) is 117 cm³/mol. The molecule has 9 nitrogen and oxygen atoms in total. The maximum Gasteiger partial charge on any atom is 0.339 e. The second kappa shape index (κ2) is 12.5. The number of amides is 1. The van der Waals surface area contributed by atoms with Crippen LogP contribution in [0.15, 0.2) is 54.9 Å². The summed E-state index contributed by atoms with van der Waals surface area (Å²) < 4.78 is 27.5. The van der Waals surface area contributed by atoms with Gasteiger partial charge in [-0.25, -0.2) is 19.2 Å². The van der Waals surface area contributed by atoms with Crippen molar-refractivity contribution in [3.8, 4) is 17.4 Å². The van der Waals surface area contributed by atoms with Gasteiger partial charge in [-0.05, 0) is 42.5 Å². The van der Waals surface area contributed by atoms with Gasteiger partial charge in [0, 0.05) is 12.6 Å². The van der Waals surface area contributed by atoms with Crippen molar-refractivity contribution >= 4 is 24.0 Å². The standard InChI is InChI=1S/C14H13FN2O2.C9H9NO4/c1-2-14(18)17-13-8-7-12(9-16-13)19-11-5-3-10(15)4-6-11;1-13-8-7(5-11)3-6(4-10-8)9(12)14-2/h3-9H,2H2,1H3,(H,16,17,18);3-5H,1-2H3. The van der Waals surface area contributed by atoms with Crippen LogP contribution >= 0.6 is 0 Å². The van der Waals surface area contributed by atoms with E-state index < -0.39 is 5.97 Å². The Bertz CT molecular complexity index is 1090. The monoisotopic (exact) mass is 455 g/mol. The number of hydrogen-bond acceptors (Lipinski definition) is 8. The number of anilines is 1. The zero-order valence-corrected chi connectivity index (χ0v) is 18.2. The highest BCUT2D eigenvalue weighted by Gasteiger charge is 2.10. The van der Waals surface area contributed by atoms with Crippen molar-refractivity contribution < 1.29 is 33.0 Å². The number of carbonyl (C=O) groups excluding carboxylic acids is 3. The molecule has 1 aromatic carbocycles. The molecule has 0 unspecified atom stereocenters. The predicted octanol–water partition coefficient (Wildman–Crippen LogP) is 4.05. The molecule has 0 fully saturated rings. The Morgan fingerprint density at radius 1 is 1.03 bits per heavy atom. The van der Waals surface area contributed by atoms with Crippen LogP contribution in [0.2, 0.25) is 0 Å². The van der Waals surface area contributed by atoms with Crippen molar-refractivity contribution in [2.75, 3.05) is 19.5 Å². The molecule has 172 valence electrons. The number of aromatic nitrogens is 2. The van der Waals surface area contributed by atoms with E-state index in [2.05, 4.69) is 20.0 Å². The quantitative estimate of drug-likeness (QED) is 0.419. The number of pyridine rings is 2. The van der Waals surface area contributed by atoms with E-state index in [1.165, 1.54) is 56.9 Å². The molecule has 0 aliphatic heterocycles. The fraction of sp³-hybridized carbons (Fsp3) is 0.174. The number of esters is 1. The SMILES string of the molecule is CCC(=O)Nc1ccc(Oc2ccc(F)cc2)cn1.COC(=O)c1cnc(OC)c(C=O)c1. The lowest BCUT2D eigenvalue weighted by Gasteiger charge is -2.06. The summed E-state index contributed by atoms with van der Waals surface area (Å²) in [6, 6.07) is 10.4. The van der Waals surface area contributed by atoms with E-state index in [-0.39, 0.29) is 28.7 Å². The van der Waals surface area contributed by atoms with Crippen LogP contribution in [-0.4, -0.2) is 42.4 Å². The molecule has 10 heteroatoms. The van der Waals surface area contributed by atoms with E-state index in [0.29, 0.717) is 30.0 Å². The second-order valence-corrected chi connectivity index (χ2v) is 6.27. The van der Waals surface area contributed by atoms with E-state index in [9.17, 15) is 18.8 Å². The molecule has 0 atom stereocenters. The van der Waals surface area contributed by atoms with Crippen LogP contribution in [0.1, 0.15) is 34.1 Å². The topological polar surface area (TPSA) is 117 Å². The van der Waals surface area contributed by atoms with Crippen LogP contribution in [0.4, 0.5) is 10.2 Å². The second-order valence-electron chi connectivity index (χ2n) is 6.27. The maximum absolute atomic E-state index is 12.7. The third-order valence-corrected chi connectivity index (χ3v) is 3.99. The number of nitrogens with zero attached hydrogens (tertiary/aromatic N) is 2. The molecule has 2 aromatic heterocycles. The molecule has 0 saturated carbocycles. The van der Waals surface area contributed by atoms with Crippen molar-refractivity contribution in [2.24, 2.45) is 0 Å². The summed E-state index contributed by atoms with van der Waals surface area (Å²) in [6.45, 7) is 1.77. The van der Waals surface area contributed by atoms with Gasteiger partial charge in [0.2, 0.25) is 11.8 Å². The minimum absolute atomic E-state index is 0.0975. The highest BCUT2D eigenvalue weighted by molar-refractivity contribution is 5.92. The molecular formula is C23H22FN3O6. The Kier molecular flexibility index (Phi) is 9.44. The first-order valence-corrected chi connectivity index (χ1v) is 9.67. The van der Waals surface area contributed by atoms with Crippen LogP contribution < -0.4 is 14.8 Å². The lowest BCUT2D eigenvalue weighted by atomic mass is 10.2. The number of rotatable bonds is 7. The Labute approximate surface area is 189 Å². The van der Waals surface area contributed by atoms with Crippen LogP contribution in [0.5, 0.6) is 17.4 Å². The average Bonchev–Trinajstić information content (AvgIpc) is 2.85. The lowest BCUT2D eigenvalue weighted by Crippen LogP contribution is -2.10. The number of hydrogen-bond donors (Lipinski definition) is 1. The molecule has 0 spiro atoms. The van der Waals surface area contributed by atoms with Gasteiger partial charge in [0.25, 0.3) is 0 Å². The van der Waals surface area contributed by atoms with Gasteiger partial charge in [-0.3, -0.25) is 9.59 Å². The highest BCUT2D eigenvalue weighted by Crippen LogP contribution is 2.21. The van der Waals surface area contributed by atoms with Crippen molar-refractivity contribution in [1.29, 1.82) is 0 Å². The van der Waals surface area contributed by atoms with Crippen molar-refractivity contribution in [3.05, 3.63) is 71.8 Å². The number of methoxy groups -OCH3 is 2. The molecule has 1 N–H and O–H groups in total. The molecule has 0 saturated heterocycles. The Hall–Kier alpha value is -4.34. The van der Waals surface area contributed by atoms with Crippen LogP contribution in [-0.2, 0) is 9.53 Å². The molecular weight excluding hydrogens is 433 g/mol. The number of carbonyl (C=O) groups is 3. The van der Waals surface area contributed by atoms with Gasteiger partial charge >= 0.3 is 5.97 Å². The highest BCUT2D eigenvalue weighted by atomic mass is 19.1. The van der Waals surface area contributed by atoms with E-state index in [1.807, 2.05) is 0 Å². The number of aldehydes is 1. The third-order valence-electron chi connectivity index (χ3n) is 3.99.